The van der Waals surface area contributed by atoms with E-state index in [1.54, 1.807) is 0 Å². The minimum Gasteiger partial charge on any atom is -0.321 e. The number of nitrogens with two attached hydrogens (primary N) is 1. The molecule has 0 bridgehead atoms. The predicted octanol–water partition coefficient (Wildman–Crippen LogP) is 1.67. The first-order valence-corrected chi connectivity index (χ1v) is 6.27. The molecule has 1 amide bonds. The van der Waals surface area contributed by atoms with Crippen LogP contribution in [0.3, 0.4) is 0 Å². The number of anilines is 2. The summed E-state index contributed by atoms with van der Waals surface area (Å²) in [5, 5.41) is 2.43. The van der Waals surface area contributed by atoms with Crippen molar-refractivity contribution in [2.45, 2.75) is 19.8 Å². The molecule has 21 heavy (non-hydrogen) atoms. The summed E-state index contributed by atoms with van der Waals surface area (Å²) in [5.41, 5.74) is 2.67. The SMILES string of the molecule is CC(C)c1ncc(NN)c(C(=O)Nc2ccncc2F)n1. The summed E-state index contributed by atoms with van der Waals surface area (Å²) in [6.07, 6.45) is 3.80. The van der Waals surface area contributed by atoms with Crippen LogP contribution in [0.2, 0.25) is 0 Å². The molecule has 0 radical (unpaired) electrons. The molecule has 0 aliphatic carbocycles. The number of nitrogen functional groups attached to an aromatic ring is 1. The Balaban J connectivity index is 2.34. The van der Waals surface area contributed by atoms with Crippen LogP contribution >= 0.6 is 0 Å². The van der Waals surface area contributed by atoms with Gasteiger partial charge >= 0.3 is 0 Å². The standard InChI is InChI=1S/C13H15FN6O/c1-7(2)12-17-6-10(20-15)11(19-12)13(21)18-9-3-4-16-5-8(9)14/h3-7,20H,15H2,1-2H3,(H,16,18,21). The second kappa shape index (κ2) is 6.23. The van der Waals surface area contributed by atoms with Gasteiger partial charge in [0.15, 0.2) is 11.5 Å². The van der Waals surface area contributed by atoms with Gasteiger partial charge in [0.05, 0.1) is 23.8 Å². The molecule has 2 rings (SSSR count). The average molecular weight is 290 g/mol. The van der Waals surface area contributed by atoms with Gasteiger partial charge in [0.25, 0.3) is 5.91 Å². The molecule has 0 aliphatic rings. The summed E-state index contributed by atoms with van der Waals surface area (Å²) in [6, 6.07) is 1.35. The first-order valence-electron chi connectivity index (χ1n) is 6.27. The number of halogens is 1. The fourth-order valence-corrected chi connectivity index (χ4v) is 1.61. The highest BCUT2D eigenvalue weighted by Gasteiger charge is 2.17. The van der Waals surface area contributed by atoms with Crippen LogP contribution in [0, 0.1) is 5.82 Å². The van der Waals surface area contributed by atoms with Crippen molar-refractivity contribution >= 4 is 17.3 Å². The molecule has 0 saturated carbocycles. The number of nitrogens with zero attached hydrogens (tertiary/aromatic N) is 3. The zero-order chi connectivity index (χ0) is 15.4. The number of aromatic nitrogens is 3. The van der Waals surface area contributed by atoms with Crippen LogP contribution in [0.25, 0.3) is 0 Å². The smallest absolute Gasteiger partial charge is 0.276 e. The van der Waals surface area contributed by atoms with E-state index in [0.717, 1.165) is 6.20 Å². The van der Waals surface area contributed by atoms with Gasteiger partial charge in [0.1, 0.15) is 5.82 Å². The quantitative estimate of drug-likeness (QED) is 0.584. The van der Waals surface area contributed by atoms with Gasteiger partial charge in [-0.15, -0.1) is 0 Å². The Labute approximate surface area is 120 Å². The maximum Gasteiger partial charge on any atom is 0.276 e. The summed E-state index contributed by atoms with van der Waals surface area (Å²) < 4.78 is 13.5. The molecule has 2 heterocycles. The van der Waals surface area contributed by atoms with Crippen LogP contribution in [0.1, 0.15) is 36.1 Å². The number of nitrogens with one attached hydrogen (secondary N) is 2. The highest BCUT2D eigenvalue weighted by molar-refractivity contribution is 6.06. The van der Waals surface area contributed by atoms with Gasteiger partial charge in [-0.25, -0.2) is 14.4 Å². The summed E-state index contributed by atoms with van der Waals surface area (Å²) in [6.45, 7) is 3.80. The normalized spacial score (nSPS) is 10.5. The second-order valence-electron chi connectivity index (χ2n) is 4.60. The van der Waals surface area contributed by atoms with Gasteiger partial charge in [-0.1, -0.05) is 13.8 Å². The fraction of sp³-hybridized carbons (Fsp3) is 0.231. The van der Waals surface area contributed by atoms with Crippen LogP contribution in [-0.4, -0.2) is 20.9 Å². The number of carbonyl (C=O) groups excluding carboxylic acids is 1. The Bertz CT molecular complexity index is 661. The third-order valence-corrected chi connectivity index (χ3v) is 2.72. The minimum atomic E-state index is -0.633. The van der Waals surface area contributed by atoms with Gasteiger partial charge in [-0.05, 0) is 6.07 Å². The molecule has 2 aromatic heterocycles. The van der Waals surface area contributed by atoms with Crippen molar-refractivity contribution in [1.29, 1.82) is 0 Å². The molecule has 0 unspecified atom stereocenters. The zero-order valence-electron chi connectivity index (χ0n) is 11.6. The molecule has 0 aliphatic heterocycles. The highest BCUT2D eigenvalue weighted by atomic mass is 19.1. The Morgan fingerprint density at radius 3 is 2.71 bits per heavy atom. The van der Waals surface area contributed by atoms with Gasteiger partial charge in [-0.2, -0.15) is 0 Å². The molecule has 0 spiro atoms. The van der Waals surface area contributed by atoms with E-state index in [1.807, 2.05) is 13.8 Å². The molecule has 0 saturated heterocycles. The third kappa shape index (κ3) is 3.29. The minimum absolute atomic E-state index is 0.0164. The predicted molar refractivity (Wildman–Crippen MR) is 76.1 cm³/mol. The molecular formula is C13H15FN6O. The van der Waals surface area contributed by atoms with E-state index in [9.17, 15) is 9.18 Å². The second-order valence-corrected chi connectivity index (χ2v) is 4.60. The molecular weight excluding hydrogens is 275 g/mol. The van der Waals surface area contributed by atoms with Crippen molar-refractivity contribution in [1.82, 2.24) is 15.0 Å². The lowest BCUT2D eigenvalue weighted by molar-refractivity contribution is 0.102. The lowest BCUT2D eigenvalue weighted by Crippen LogP contribution is -2.21. The molecule has 2 aromatic rings. The van der Waals surface area contributed by atoms with Gasteiger partial charge in [0, 0.05) is 12.1 Å². The molecule has 0 atom stereocenters. The monoisotopic (exact) mass is 290 g/mol. The molecule has 7 nitrogen and oxygen atoms in total. The fourth-order valence-electron chi connectivity index (χ4n) is 1.61. The maximum absolute atomic E-state index is 13.5. The average Bonchev–Trinajstić information content (AvgIpc) is 2.48. The Morgan fingerprint density at radius 2 is 2.10 bits per heavy atom. The Morgan fingerprint density at radius 1 is 1.33 bits per heavy atom. The van der Waals surface area contributed by atoms with Crippen LogP contribution in [0.15, 0.2) is 24.7 Å². The first-order chi connectivity index (χ1) is 10.0. The van der Waals surface area contributed by atoms with Crippen LogP contribution in [0.5, 0.6) is 0 Å². The van der Waals surface area contributed by atoms with Gasteiger partial charge in [0.2, 0.25) is 0 Å². The lowest BCUT2D eigenvalue weighted by Gasteiger charge is -2.11. The Hall–Kier alpha value is -2.61. The van der Waals surface area contributed by atoms with E-state index in [0.29, 0.717) is 5.82 Å². The van der Waals surface area contributed by atoms with Crippen molar-refractivity contribution < 1.29 is 9.18 Å². The largest absolute Gasteiger partial charge is 0.321 e. The topological polar surface area (TPSA) is 106 Å². The van der Waals surface area contributed by atoms with E-state index in [2.05, 4.69) is 25.7 Å². The number of hydrazine groups is 1. The summed E-state index contributed by atoms with van der Waals surface area (Å²) in [4.78, 5) is 24.1. The van der Waals surface area contributed by atoms with Crippen LogP contribution in [0.4, 0.5) is 15.8 Å². The van der Waals surface area contributed by atoms with Crippen molar-refractivity contribution in [3.05, 3.63) is 42.0 Å². The molecule has 8 heteroatoms. The zero-order valence-corrected chi connectivity index (χ0v) is 11.6. The van der Waals surface area contributed by atoms with E-state index in [-0.39, 0.29) is 23.0 Å². The summed E-state index contributed by atoms with van der Waals surface area (Å²) >= 11 is 0. The number of amides is 1. The number of rotatable bonds is 4. The Kier molecular flexibility index (Phi) is 4.39. The number of pyridine rings is 1. The maximum atomic E-state index is 13.5. The van der Waals surface area contributed by atoms with Crippen LogP contribution in [-0.2, 0) is 0 Å². The van der Waals surface area contributed by atoms with E-state index in [1.165, 1.54) is 18.5 Å². The number of hydrogen-bond donors (Lipinski definition) is 3. The van der Waals surface area contributed by atoms with E-state index < -0.39 is 11.7 Å². The molecule has 0 aromatic carbocycles. The molecule has 4 N–H and O–H groups in total. The third-order valence-electron chi connectivity index (χ3n) is 2.72. The lowest BCUT2D eigenvalue weighted by atomic mass is 10.2. The van der Waals surface area contributed by atoms with Crippen molar-refractivity contribution in [3.63, 3.8) is 0 Å². The van der Waals surface area contributed by atoms with Crippen LogP contribution < -0.4 is 16.6 Å². The number of carbonyl (C=O) groups is 1. The molecule has 0 fully saturated rings. The van der Waals surface area contributed by atoms with Crippen molar-refractivity contribution in [3.8, 4) is 0 Å². The number of hydrogen-bond acceptors (Lipinski definition) is 6. The van der Waals surface area contributed by atoms with Gasteiger partial charge in [-0.3, -0.25) is 15.6 Å². The first kappa shape index (κ1) is 14.8. The van der Waals surface area contributed by atoms with Crippen molar-refractivity contribution in [2.24, 2.45) is 5.84 Å². The highest BCUT2D eigenvalue weighted by Crippen LogP contribution is 2.18. The van der Waals surface area contributed by atoms with E-state index >= 15 is 0 Å². The van der Waals surface area contributed by atoms with Crippen molar-refractivity contribution in [2.75, 3.05) is 10.7 Å². The summed E-state index contributed by atoms with van der Waals surface area (Å²) in [7, 11) is 0. The molecule has 110 valence electrons. The van der Waals surface area contributed by atoms with E-state index in [4.69, 9.17) is 5.84 Å². The summed E-state index contributed by atoms with van der Waals surface area (Å²) in [5.74, 6) is 4.66. The van der Waals surface area contributed by atoms with Gasteiger partial charge < -0.3 is 10.7 Å².